The molecule has 4 rings (SSSR count). The topological polar surface area (TPSA) is 45.1 Å². The molecule has 2 aliphatic heterocycles. The number of carbonyl (C=O) groups excluding carboxylic acids is 1. The first-order valence-corrected chi connectivity index (χ1v) is 11.2. The first-order valence-electron chi connectivity index (χ1n) is 10.4. The minimum atomic E-state index is -4.37. The van der Waals surface area contributed by atoms with Gasteiger partial charge in [-0.25, -0.2) is 0 Å². The van der Waals surface area contributed by atoms with Crippen LogP contribution in [0.1, 0.15) is 11.1 Å². The zero-order valence-corrected chi connectivity index (χ0v) is 18.5. The zero-order valence-electron chi connectivity index (χ0n) is 17.7. The molecule has 2 heterocycles. The van der Waals surface area contributed by atoms with E-state index in [4.69, 9.17) is 4.74 Å². The number of benzene rings is 2. The Morgan fingerprint density at radius 1 is 1.06 bits per heavy atom. The van der Waals surface area contributed by atoms with Gasteiger partial charge >= 0.3 is 6.18 Å². The summed E-state index contributed by atoms with van der Waals surface area (Å²) < 4.78 is 44.7. The van der Waals surface area contributed by atoms with E-state index in [1.165, 1.54) is 23.9 Å². The van der Waals surface area contributed by atoms with Gasteiger partial charge in [-0.05, 0) is 42.1 Å². The summed E-state index contributed by atoms with van der Waals surface area (Å²) in [6, 6.07) is 12.8. The lowest BCUT2D eigenvalue weighted by molar-refractivity contribution is -0.137. The molecule has 0 aromatic heterocycles. The predicted octanol–water partition coefficient (Wildman–Crippen LogP) is 5.06. The van der Waals surface area contributed by atoms with Crippen molar-refractivity contribution in [1.82, 2.24) is 4.90 Å². The lowest BCUT2D eigenvalue weighted by Gasteiger charge is -2.36. The highest BCUT2D eigenvalue weighted by Crippen LogP contribution is 2.34. The van der Waals surface area contributed by atoms with Crippen LogP contribution in [0.5, 0.6) is 5.75 Å². The number of piperazine rings is 1. The van der Waals surface area contributed by atoms with Crippen LogP contribution in [0.25, 0.3) is 6.08 Å². The number of carbonyl (C=O) groups is 1. The van der Waals surface area contributed by atoms with Crippen molar-refractivity contribution in [3.63, 3.8) is 0 Å². The summed E-state index contributed by atoms with van der Waals surface area (Å²) in [7, 11) is 0. The van der Waals surface area contributed by atoms with Gasteiger partial charge in [-0.15, -0.1) is 0 Å². The Morgan fingerprint density at radius 2 is 1.79 bits per heavy atom. The number of alkyl halides is 3. The number of nitrogens with zero attached hydrogens (tertiary/aromatic N) is 3. The quantitative estimate of drug-likeness (QED) is 0.449. The van der Waals surface area contributed by atoms with E-state index in [1.54, 1.807) is 18.2 Å². The van der Waals surface area contributed by atoms with E-state index >= 15 is 0 Å². The van der Waals surface area contributed by atoms with Gasteiger partial charge in [0.05, 0.1) is 10.5 Å². The minimum Gasteiger partial charge on any atom is -0.489 e. The summed E-state index contributed by atoms with van der Waals surface area (Å²) in [4.78, 5) is 21.1. The van der Waals surface area contributed by atoms with Gasteiger partial charge in [0, 0.05) is 37.4 Å². The van der Waals surface area contributed by atoms with Crippen molar-refractivity contribution < 1.29 is 22.7 Å². The number of aliphatic imine (C=N–C) groups is 1. The van der Waals surface area contributed by atoms with E-state index in [9.17, 15) is 18.0 Å². The van der Waals surface area contributed by atoms with Crippen molar-refractivity contribution in [3.05, 3.63) is 77.2 Å². The van der Waals surface area contributed by atoms with E-state index in [1.807, 2.05) is 34.1 Å². The molecule has 1 fully saturated rings. The van der Waals surface area contributed by atoms with Crippen LogP contribution in [0.2, 0.25) is 0 Å². The molecule has 0 radical (unpaired) electrons. The van der Waals surface area contributed by atoms with E-state index in [-0.39, 0.29) is 5.91 Å². The number of amidine groups is 1. The molecule has 33 heavy (non-hydrogen) atoms. The van der Waals surface area contributed by atoms with Gasteiger partial charge in [0.25, 0.3) is 5.91 Å². The molecule has 5 nitrogen and oxygen atoms in total. The van der Waals surface area contributed by atoms with Crippen LogP contribution in [-0.4, -0.2) is 48.8 Å². The van der Waals surface area contributed by atoms with Gasteiger partial charge in [0.15, 0.2) is 5.17 Å². The Labute approximate surface area is 194 Å². The second kappa shape index (κ2) is 9.74. The van der Waals surface area contributed by atoms with Crippen molar-refractivity contribution in [3.8, 4) is 5.75 Å². The number of halogens is 3. The van der Waals surface area contributed by atoms with Crippen LogP contribution in [0.3, 0.4) is 0 Å². The third-order valence-electron chi connectivity index (χ3n) is 5.26. The molecular formula is C24H22F3N3O2S. The number of anilines is 1. The standard InChI is InChI=1S/C24H22F3N3O2S/c1-2-14-32-20-9-4-3-6-17(20)15-21-22(31)28-23(33-21)30-12-10-29(11-13-30)19-8-5-7-18(16-19)24(25,26)27/h2-9,15-16H,1,10-14H2/b21-15-. The first kappa shape index (κ1) is 23.0. The Bertz CT molecular complexity index is 1110. The van der Waals surface area contributed by atoms with E-state index in [2.05, 4.69) is 11.6 Å². The van der Waals surface area contributed by atoms with Crippen LogP contribution < -0.4 is 9.64 Å². The number of hydrogen-bond donors (Lipinski definition) is 0. The Balaban J connectivity index is 1.41. The van der Waals surface area contributed by atoms with Crippen LogP contribution >= 0.6 is 11.8 Å². The average Bonchev–Trinajstić information content (AvgIpc) is 3.18. The fourth-order valence-corrected chi connectivity index (χ4v) is 4.55. The van der Waals surface area contributed by atoms with Gasteiger partial charge in [-0.1, -0.05) is 36.9 Å². The molecule has 0 unspecified atom stereocenters. The highest BCUT2D eigenvalue weighted by atomic mass is 32.2. The largest absolute Gasteiger partial charge is 0.489 e. The maximum Gasteiger partial charge on any atom is 0.416 e. The number of amides is 1. The Morgan fingerprint density at radius 3 is 2.52 bits per heavy atom. The van der Waals surface area contributed by atoms with E-state index < -0.39 is 11.7 Å². The lowest BCUT2D eigenvalue weighted by atomic mass is 10.1. The van der Waals surface area contributed by atoms with Gasteiger partial charge in [-0.3, -0.25) is 4.79 Å². The Hall–Kier alpha value is -3.20. The first-order chi connectivity index (χ1) is 15.8. The summed E-state index contributed by atoms with van der Waals surface area (Å²) >= 11 is 1.30. The highest BCUT2D eigenvalue weighted by molar-refractivity contribution is 8.18. The molecular weight excluding hydrogens is 451 g/mol. The smallest absolute Gasteiger partial charge is 0.416 e. The summed E-state index contributed by atoms with van der Waals surface area (Å²) in [5, 5.41) is 0.611. The van der Waals surface area contributed by atoms with Crippen LogP contribution in [0.15, 0.2) is 71.1 Å². The van der Waals surface area contributed by atoms with Crippen molar-refractivity contribution >= 4 is 34.6 Å². The van der Waals surface area contributed by atoms with Crippen molar-refractivity contribution in [2.75, 3.05) is 37.7 Å². The van der Waals surface area contributed by atoms with Crippen molar-refractivity contribution in [2.24, 2.45) is 4.99 Å². The fraction of sp³-hybridized carbons (Fsp3) is 0.250. The number of rotatable bonds is 5. The molecule has 1 saturated heterocycles. The molecule has 9 heteroatoms. The van der Waals surface area contributed by atoms with Crippen LogP contribution in [0.4, 0.5) is 18.9 Å². The average molecular weight is 474 g/mol. The Kier molecular flexibility index (Phi) is 6.78. The van der Waals surface area contributed by atoms with E-state index in [0.717, 1.165) is 11.6 Å². The van der Waals surface area contributed by atoms with Crippen LogP contribution in [0, 0.1) is 0 Å². The number of para-hydroxylation sites is 1. The summed E-state index contributed by atoms with van der Waals surface area (Å²) in [6.45, 7) is 6.19. The van der Waals surface area contributed by atoms with Gasteiger partial charge in [0.1, 0.15) is 12.4 Å². The molecule has 0 bridgehead atoms. The van der Waals surface area contributed by atoms with Gasteiger partial charge in [-0.2, -0.15) is 18.2 Å². The third-order valence-corrected chi connectivity index (χ3v) is 6.30. The second-order valence-electron chi connectivity index (χ2n) is 7.47. The molecule has 0 N–H and O–H groups in total. The number of thioether (sulfide) groups is 1. The summed E-state index contributed by atoms with van der Waals surface area (Å²) in [5.74, 6) is 0.343. The third kappa shape index (κ3) is 5.42. The summed E-state index contributed by atoms with van der Waals surface area (Å²) in [6.07, 6.45) is -0.952. The maximum absolute atomic E-state index is 13.0. The van der Waals surface area contributed by atoms with Gasteiger partial charge < -0.3 is 14.5 Å². The van der Waals surface area contributed by atoms with Crippen molar-refractivity contribution in [1.29, 1.82) is 0 Å². The second-order valence-corrected chi connectivity index (χ2v) is 8.48. The van der Waals surface area contributed by atoms with Crippen LogP contribution in [-0.2, 0) is 11.0 Å². The summed E-state index contributed by atoms with van der Waals surface area (Å²) in [5.41, 5.74) is 0.662. The molecule has 0 atom stereocenters. The lowest BCUT2D eigenvalue weighted by Crippen LogP contribution is -2.47. The normalized spacial score (nSPS) is 18.0. The number of ether oxygens (including phenoxy) is 1. The molecule has 172 valence electrons. The molecule has 0 saturated carbocycles. The monoisotopic (exact) mass is 473 g/mol. The SMILES string of the molecule is C=CCOc1ccccc1/C=C1\SC(N2CCN(c3cccc(C(F)(F)F)c3)CC2)=NC1=O. The highest BCUT2D eigenvalue weighted by Gasteiger charge is 2.32. The zero-order chi connectivity index (χ0) is 23.4. The van der Waals surface area contributed by atoms with Gasteiger partial charge in [0.2, 0.25) is 0 Å². The molecule has 2 aromatic carbocycles. The molecule has 0 aliphatic carbocycles. The van der Waals surface area contributed by atoms with Crippen molar-refractivity contribution in [2.45, 2.75) is 6.18 Å². The fourth-order valence-electron chi connectivity index (χ4n) is 3.59. The predicted molar refractivity (Wildman–Crippen MR) is 125 cm³/mol. The molecule has 2 aromatic rings. The van der Waals surface area contributed by atoms with E-state index in [0.29, 0.717) is 54.3 Å². The molecule has 2 aliphatic rings. The molecule has 0 spiro atoms. The number of hydrogen-bond acceptors (Lipinski definition) is 5. The maximum atomic E-state index is 13.0. The molecule has 1 amide bonds. The minimum absolute atomic E-state index is 0.311.